The molecular formula is C13H10BrF2NO. The standard InChI is InChI=1S/C13H10BrF2NO/c14-13-8(2-1-3-10(13)15)6-12(18)9-4-5-17-7-11(9)16/h1-5,7,12,18H,6H2. The van der Waals surface area contributed by atoms with Crippen molar-refractivity contribution in [2.45, 2.75) is 12.5 Å². The van der Waals surface area contributed by atoms with Gasteiger partial charge in [0.25, 0.3) is 0 Å². The van der Waals surface area contributed by atoms with Crippen LogP contribution in [0, 0.1) is 11.6 Å². The Labute approximate surface area is 111 Å². The smallest absolute Gasteiger partial charge is 0.147 e. The predicted octanol–water partition coefficient (Wildman–Crippen LogP) is 3.40. The molecule has 5 heteroatoms. The third-order valence-corrected chi connectivity index (χ3v) is 3.50. The third-order valence-electron chi connectivity index (χ3n) is 2.61. The van der Waals surface area contributed by atoms with Crippen LogP contribution >= 0.6 is 15.9 Å². The van der Waals surface area contributed by atoms with Crippen molar-refractivity contribution in [1.29, 1.82) is 0 Å². The fourth-order valence-corrected chi connectivity index (χ4v) is 2.11. The van der Waals surface area contributed by atoms with E-state index in [2.05, 4.69) is 20.9 Å². The average molecular weight is 314 g/mol. The summed E-state index contributed by atoms with van der Waals surface area (Å²) in [6.07, 6.45) is 1.53. The van der Waals surface area contributed by atoms with E-state index in [1.165, 1.54) is 18.3 Å². The summed E-state index contributed by atoms with van der Waals surface area (Å²) in [5.41, 5.74) is 0.736. The molecule has 0 saturated carbocycles. The van der Waals surface area contributed by atoms with Crippen molar-refractivity contribution in [3.8, 4) is 0 Å². The largest absolute Gasteiger partial charge is 0.388 e. The lowest BCUT2D eigenvalue weighted by atomic mass is 10.0. The molecule has 1 atom stereocenters. The molecule has 0 saturated heterocycles. The molecule has 2 rings (SSSR count). The van der Waals surface area contributed by atoms with Crippen molar-refractivity contribution in [3.63, 3.8) is 0 Å². The predicted molar refractivity (Wildman–Crippen MR) is 67.0 cm³/mol. The van der Waals surface area contributed by atoms with Crippen molar-refractivity contribution >= 4 is 15.9 Å². The lowest BCUT2D eigenvalue weighted by molar-refractivity contribution is 0.173. The maximum atomic E-state index is 13.4. The summed E-state index contributed by atoms with van der Waals surface area (Å²) in [5, 5.41) is 9.96. The lowest BCUT2D eigenvalue weighted by Crippen LogP contribution is -2.05. The number of rotatable bonds is 3. The summed E-state index contributed by atoms with van der Waals surface area (Å²) in [6.45, 7) is 0. The van der Waals surface area contributed by atoms with Crippen molar-refractivity contribution in [2.24, 2.45) is 0 Å². The number of aliphatic hydroxyl groups excluding tert-OH is 1. The van der Waals surface area contributed by atoms with Crippen molar-refractivity contribution in [2.75, 3.05) is 0 Å². The first-order valence-electron chi connectivity index (χ1n) is 5.30. The molecule has 1 N–H and O–H groups in total. The first-order chi connectivity index (χ1) is 8.59. The zero-order chi connectivity index (χ0) is 13.1. The molecule has 0 aliphatic carbocycles. The van der Waals surface area contributed by atoms with Gasteiger partial charge in [0.05, 0.1) is 16.8 Å². The highest BCUT2D eigenvalue weighted by molar-refractivity contribution is 9.10. The fourth-order valence-electron chi connectivity index (χ4n) is 1.68. The molecule has 1 unspecified atom stereocenters. The van der Waals surface area contributed by atoms with Gasteiger partial charge in [-0.05, 0) is 33.6 Å². The van der Waals surface area contributed by atoms with E-state index in [0.717, 1.165) is 6.20 Å². The van der Waals surface area contributed by atoms with Crippen LogP contribution in [0.15, 0.2) is 41.1 Å². The Morgan fingerprint density at radius 1 is 1.22 bits per heavy atom. The van der Waals surface area contributed by atoms with Crippen LogP contribution in [0.2, 0.25) is 0 Å². The summed E-state index contributed by atoms with van der Waals surface area (Å²) < 4.78 is 27.0. The molecule has 1 aromatic heterocycles. The minimum atomic E-state index is -1.04. The first kappa shape index (κ1) is 13.1. The van der Waals surface area contributed by atoms with Crippen molar-refractivity contribution in [3.05, 3.63) is 63.9 Å². The van der Waals surface area contributed by atoms with Gasteiger partial charge in [-0.1, -0.05) is 12.1 Å². The van der Waals surface area contributed by atoms with E-state index < -0.39 is 17.7 Å². The normalized spacial score (nSPS) is 12.4. The van der Waals surface area contributed by atoms with Crippen LogP contribution in [0.4, 0.5) is 8.78 Å². The van der Waals surface area contributed by atoms with Crippen molar-refractivity contribution < 1.29 is 13.9 Å². The highest BCUT2D eigenvalue weighted by Crippen LogP contribution is 2.26. The zero-order valence-electron chi connectivity index (χ0n) is 9.28. The Kier molecular flexibility index (Phi) is 4.04. The van der Waals surface area contributed by atoms with Gasteiger partial charge in [0.2, 0.25) is 0 Å². The van der Waals surface area contributed by atoms with Crippen LogP contribution in [0.5, 0.6) is 0 Å². The van der Waals surface area contributed by atoms with E-state index in [0.29, 0.717) is 10.0 Å². The lowest BCUT2D eigenvalue weighted by Gasteiger charge is -2.13. The third kappa shape index (κ3) is 2.73. The number of hydrogen-bond acceptors (Lipinski definition) is 2. The van der Waals surface area contributed by atoms with Gasteiger partial charge in [0.15, 0.2) is 0 Å². The van der Waals surface area contributed by atoms with E-state index in [4.69, 9.17) is 0 Å². The highest BCUT2D eigenvalue weighted by atomic mass is 79.9. The maximum Gasteiger partial charge on any atom is 0.147 e. The Hall–Kier alpha value is -1.33. The molecule has 1 aromatic carbocycles. The summed E-state index contributed by atoms with van der Waals surface area (Å²) >= 11 is 3.11. The first-order valence-corrected chi connectivity index (χ1v) is 6.09. The summed E-state index contributed by atoms with van der Waals surface area (Å²) in [7, 11) is 0. The number of hydrogen-bond donors (Lipinski definition) is 1. The molecule has 94 valence electrons. The second kappa shape index (κ2) is 5.54. The SMILES string of the molecule is OC(Cc1cccc(F)c1Br)c1ccncc1F. The van der Waals surface area contributed by atoms with E-state index in [-0.39, 0.29) is 12.0 Å². The monoisotopic (exact) mass is 313 g/mol. The highest BCUT2D eigenvalue weighted by Gasteiger charge is 2.15. The van der Waals surface area contributed by atoms with E-state index in [9.17, 15) is 13.9 Å². The molecule has 18 heavy (non-hydrogen) atoms. The summed E-state index contributed by atoms with van der Waals surface area (Å²) in [4.78, 5) is 3.61. The van der Waals surface area contributed by atoms with Gasteiger partial charge in [0.1, 0.15) is 11.6 Å². The Morgan fingerprint density at radius 2 is 2.00 bits per heavy atom. The molecule has 0 spiro atoms. The van der Waals surface area contributed by atoms with Gasteiger partial charge in [-0.25, -0.2) is 8.78 Å². The van der Waals surface area contributed by atoms with Gasteiger partial charge >= 0.3 is 0 Å². The molecule has 0 bridgehead atoms. The molecule has 0 radical (unpaired) electrons. The Balaban J connectivity index is 2.24. The van der Waals surface area contributed by atoms with Gasteiger partial charge in [-0.2, -0.15) is 0 Å². The molecule has 0 aliphatic heterocycles. The van der Waals surface area contributed by atoms with Crippen LogP contribution in [0.3, 0.4) is 0 Å². The van der Waals surface area contributed by atoms with E-state index >= 15 is 0 Å². The average Bonchev–Trinajstić information content (AvgIpc) is 2.35. The van der Waals surface area contributed by atoms with Gasteiger partial charge in [-0.3, -0.25) is 4.98 Å². The Bertz CT molecular complexity index is 562. The van der Waals surface area contributed by atoms with Gasteiger partial charge in [0, 0.05) is 18.2 Å². The molecule has 2 aromatic rings. The molecule has 0 aliphatic rings. The topological polar surface area (TPSA) is 33.1 Å². The maximum absolute atomic E-state index is 13.4. The van der Waals surface area contributed by atoms with E-state index in [1.54, 1.807) is 12.1 Å². The van der Waals surface area contributed by atoms with Crippen LogP contribution < -0.4 is 0 Å². The van der Waals surface area contributed by atoms with Gasteiger partial charge in [-0.15, -0.1) is 0 Å². The number of halogens is 3. The number of aliphatic hydroxyl groups is 1. The second-order valence-electron chi connectivity index (χ2n) is 3.83. The van der Waals surface area contributed by atoms with Crippen LogP contribution in [-0.2, 0) is 6.42 Å². The van der Waals surface area contributed by atoms with Crippen LogP contribution in [0.1, 0.15) is 17.2 Å². The van der Waals surface area contributed by atoms with Crippen LogP contribution in [0.25, 0.3) is 0 Å². The zero-order valence-corrected chi connectivity index (χ0v) is 10.9. The fraction of sp³-hybridized carbons (Fsp3) is 0.154. The number of aromatic nitrogens is 1. The van der Waals surface area contributed by atoms with E-state index in [1.807, 2.05) is 0 Å². The quantitative estimate of drug-likeness (QED) is 0.942. The molecular weight excluding hydrogens is 304 g/mol. The molecule has 1 heterocycles. The molecule has 0 fully saturated rings. The van der Waals surface area contributed by atoms with Gasteiger partial charge < -0.3 is 5.11 Å². The molecule has 2 nitrogen and oxygen atoms in total. The summed E-state index contributed by atoms with van der Waals surface area (Å²) in [6, 6.07) is 5.95. The number of nitrogens with zero attached hydrogens (tertiary/aromatic N) is 1. The summed E-state index contributed by atoms with van der Waals surface area (Å²) in [5.74, 6) is -0.979. The minimum absolute atomic E-state index is 0.124. The minimum Gasteiger partial charge on any atom is -0.388 e. The molecule has 0 amide bonds. The Morgan fingerprint density at radius 3 is 2.72 bits per heavy atom. The second-order valence-corrected chi connectivity index (χ2v) is 4.62. The number of pyridine rings is 1. The van der Waals surface area contributed by atoms with Crippen molar-refractivity contribution in [1.82, 2.24) is 4.98 Å². The van der Waals surface area contributed by atoms with Crippen LogP contribution in [-0.4, -0.2) is 10.1 Å². The number of benzene rings is 1.